The van der Waals surface area contributed by atoms with Crippen molar-refractivity contribution < 1.29 is 14.6 Å². The molecule has 1 unspecified atom stereocenters. The lowest BCUT2D eigenvalue weighted by atomic mass is 10.0. The zero-order chi connectivity index (χ0) is 15.3. The summed E-state index contributed by atoms with van der Waals surface area (Å²) in [6, 6.07) is 6.52. The quantitative estimate of drug-likeness (QED) is 0.892. The van der Waals surface area contributed by atoms with Crippen molar-refractivity contribution in [2.45, 2.75) is 38.9 Å². The van der Waals surface area contributed by atoms with Gasteiger partial charge in [0, 0.05) is 16.3 Å². The Bertz CT molecular complexity index is 532. The lowest BCUT2D eigenvalue weighted by molar-refractivity contribution is 0.0635. The number of aliphatic hydroxyl groups excluding tert-OH is 1. The fourth-order valence-electron chi connectivity index (χ4n) is 1.53. The number of aliphatic hydroxyl groups is 1. The van der Waals surface area contributed by atoms with Gasteiger partial charge in [-0.25, -0.2) is 4.79 Å². The molecule has 0 aliphatic heterocycles. The van der Waals surface area contributed by atoms with Crippen molar-refractivity contribution in [3.05, 3.63) is 28.8 Å². The average molecular weight is 297 g/mol. The topological polar surface area (TPSA) is 82.3 Å². The smallest absolute Gasteiger partial charge is 0.412 e. The van der Waals surface area contributed by atoms with E-state index in [4.69, 9.17) is 21.6 Å². The summed E-state index contributed by atoms with van der Waals surface area (Å²) in [5.41, 5.74) is 0.124. The molecule has 2 N–H and O–H groups in total. The van der Waals surface area contributed by atoms with Gasteiger partial charge in [-0.05, 0) is 39.0 Å². The maximum atomic E-state index is 11.7. The number of nitrogens with zero attached hydrogens (tertiary/aromatic N) is 1. The minimum Gasteiger partial charge on any atom is -0.444 e. The number of hydrogen-bond acceptors (Lipinski definition) is 4. The summed E-state index contributed by atoms with van der Waals surface area (Å²) in [4.78, 5) is 11.7. The van der Waals surface area contributed by atoms with Gasteiger partial charge >= 0.3 is 6.09 Å². The van der Waals surface area contributed by atoms with Crippen molar-refractivity contribution in [3.63, 3.8) is 0 Å². The van der Waals surface area contributed by atoms with E-state index in [-0.39, 0.29) is 6.42 Å². The van der Waals surface area contributed by atoms with Crippen LogP contribution in [0.25, 0.3) is 0 Å². The monoisotopic (exact) mass is 296 g/mol. The van der Waals surface area contributed by atoms with Crippen LogP contribution in [0.4, 0.5) is 10.5 Å². The largest absolute Gasteiger partial charge is 0.444 e. The molecule has 1 amide bonds. The molecule has 0 spiro atoms. The molecule has 0 saturated heterocycles. The second-order valence-corrected chi connectivity index (χ2v) is 5.67. The number of anilines is 1. The highest BCUT2D eigenvalue weighted by Crippen LogP contribution is 2.28. The highest BCUT2D eigenvalue weighted by Gasteiger charge is 2.19. The zero-order valence-electron chi connectivity index (χ0n) is 11.6. The van der Waals surface area contributed by atoms with Crippen LogP contribution in [-0.4, -0.2) is 16.8 Å². The molecule has 1 rings (SSSR count). The third-order valence-electron chi connectivity index (χ3n) is 2.29. The SMILES string of the molecule is CC(C)(C)OC(=O)Nc1ccc(Cl)cc1C(O)CC#N. The van der Waals surface area contributed by atoms with Gasteiger partial charge in [-0.15, -0.1) is 0 Å². The van der Waals surface area contributed by atoms with Crippen LogP contribution >= 0.6 is 11.6 Å². The maximum Gasteiger partial charge on any atom is 0.412 e. The van der Waals surface area contributed by atoms with Gasteiger partial charge in [0.15, 0.2) is 0 Å². The van der Waals surface area contributed by atoms with Crippen LogP contribution in [0.3, 0.4) is 0 Å². The van der Waals surface area contributed by atoms with Crippen LogP contribution < -0.4 is 5.32 Å². The van der Waals surface area contributed by atoms with Gasteiger partial charge in [0.1, 0.15) is 5.60 Å². The Morgan fingerprint density at radius 2 is 2.20 bits per heavy atom. The maximum absolute atomic E-state index is 11.7. The van der Waals surface area contributed by atoms with Crippen LogP contribution in [0.15, 0.2) is 18.2 Å². The van der Waals surface area contributed by atoms with Crippen LogP contribution in [-0.2, 0) is 4.74 Å². The van der Waals surface area contributed by atoms with Gasteiger partial charge in [-0.3, -0.25) is 5.32 Å². The summed E-state index contributed by atoms with van der Waals surface area (Å²) in [7, 11) is 0. The second-order valence-electron chi connectivity index (χ2n) is 5.24. The van der Waals surface area contributed by atoms with E-state index in [9.17, 15) is 9.90 Å². The summed E-state index contributed by atoms with van der Waals surface area (Å²) in [5, 5.41) is 21.5. The van der Waals surface area contributed by atoms with Crippen LogP contribution in [0, 0.1) is 11.3 Å². The molecule has 1 atom stereocenters. The van der Waals surface area contributed by atoms with Gasteiger partial charge in [0.2, 0.25) is 0 Å². The van der Waals surface area contributed by atoms with E-state index >= 15 is 0 Å². The zero-order valence-corrected chi connectivity index (χ0v) is 12.4. The Labute approximate surface area is 123 Å². The van der Waals surface area contributed by atoms with E-state index in [1.807, 2.05) is 6.07 Å². The van der Waals surface area contributed by atoms with Gasteiger partial charge in [0.05, 0.1) is 18.6 Å². The Morgan fingerprint density at radius 3 is 2.75 bits per heavy atom. The molecule has 0 saturated carbocycles. The number of carbonyl (C=O) groups is 1. The van der Waals surface area contributed by atoms with Crippen molar-refractivity contribution in [1.82, 2.24) is 0 Å². The first-order valence-electron chi connectivity index (χ1n) is 6.07. The Kier molecular flexibility index (Phi) is 5.37. The van der Waals surface area contributed by atoms with Crippen molar-refractivity contribution in [3.8, 4) is 6.07 Å². The Balaban J connectivity index is 2.95. The van der Waals surface area contributed by atoms with Crippen molar-refractivity contribution in [2.75, 3.05) is 5.32 Å². The first-order valence-corrected chi connectivity index (χ1v) is 6.45. The van der Waals surface area contributed by atoms with Gasteiger partial charge in [-0.1, -0.05) is 11.6 Å². The Morgan fingerprint density at radius 1 is 1.55 bits per heavy atom. The summed E-state index contributed by atoms with van der Waals surface area (Å²) < 4.78 is 5.14. The second kappa shape index (κ2) is 6.60. The molecule has 0 aliphatic rings. The summed E-state index contributed by atoms with van der Waals surface area (Å²) in [6.45, 7) is 5.25. The fourth-order valence-corrected chi connectivity index (χ4v) is 1.71. The first-order chi connectivity index (χ1) is 9.23. The van der Waals surface area contributed by atoms with E-state index in [0.29, 0.717) is 16.3 Å². The van der Waals surface area contributed by atoms with E-state index in [2.05, 4.69) is 5.32 Å². The third kappa shape index (κ3) is 5.08. The van der Waals surface area contributed by atoms with E-state index in [0.717, 1.165) is 0 Å². The van der Waals surface area contributed by atoms with Crippen LogP contribution in [0.5, 0.6) is 0 Å². The molecular weight excluding hydrogens is 280 g/mol. The molecule has 6 heteroatoms. The number of benzene rings is 1. The van der Waals surface area contributed by atoms with E-state index < -0.39 is 17.8 Å². The molecular formula is C14H17ClN2O3. The van der Waals surface area contributed by atoms with Crippen molar-refractivity contribution in [2.24, 2.45) is 0 Å². The molecule has 20 heavy (non-hydrogen) atoms. The lowest BCUT2D eigenvalue weighted by Crippen LogP contribution is -2.27. The third-order valence-corrected chi connectivity index (χ3v) is 2.53. The number of carbonyl (C=O) groups excluding carboxylic acids is 1. The van der Waals surface area contributed by atoms with Crippen molar-refractivity contribution >= 4 is 23.4 Å². The summed E-state index contributed by atoms with van der Waals surface area (Å²) in [6.07, 6.45) is -1.75. The predicted molar refractivity (Wildman–Crippen MR) is 76.5 cm³/mol. The lowest BCUT2D eigenvalue weighted by Gasteiger charge is -2.21. The van der Waals surface area contributed by atoms with Crippen molar-refractivity contribution in [1.29, 1.82) is 5.26 Å². The van der Waals surface area contributed by atoms with E-state index in [1.165, 1.54) is 6.07 Å². The standard InChI is InChI=1S/C14H17ClN2O3/c1-14(2,3)20-13(19)17-11-5-4-9(15)8-10(11)12(18)6-7-16/h4-5,8,12,18H,6H2,1-3H3,(H,17,19). The number of halogens is 1. The number of nitriles is 1. The highest BCUT2D eigenvalue weighted by molar-refractivity contribution is 6.30. The molecule has 0 heterocycles. The molecule has 108 valence electrons. The number of nitrogens with one attached hydrogen (secondary N) is 1. The molecule has 0 radical (unpaired) electrons. The summed E-state index contributed by atoms with van der Waals surface area (Å²) >= 11 is 5.87. The Hall–Kier alpha value is -1.77. The fraction of sp³-hybridized carbons (Fsp3) is 0.429. The average Bonchev–Trinajstić information content (AvgIpc) is 2.29. The van der Waals surface area contributed by atoms with Crippen LogP contribution in [0.1, 0.15) is 38.9 Å². The molecule has 0 fully saturated rings. The van der Waals surface area contributed by atoms with E-state index in [1.54, 1.807) is 32.9 Å². The molecule has 0 bridgehead atoms. The molecule has 1 aromatic carbocycles. The number of amides is 1. The van der Waals surface area contributed by atoms with Crippen LogP contribution in [0.2, 0.25) is 5.02 Å². The number of ether oxygens (including phenoxy) is 1. The minimum atomic E-state index is -1.02. The molecule has 5 nitrogen and oxygen atoms in total. The molecule has 1 aromatic rings. The molecule has 0 aliphatic carbocycles. The minimum absolute atomic E-state index is 0.0939. The predicted octanol–water partition coefficient (Wildman–Crippen LogP) is 3.63. The number of hydrogen-bond donors (Lipinski definition) is 2. The normalized spacial score (nSPS) is 12.4. The number of rotatable bonds is 3. The summed E-state index contributed by atoms with van der Waals surface area (Å²) in [5.74, 6) is 0. The highest BCUT2D eigenvalue weighted by atomic mass is 35.5. The van der Waals surface area contributed by atoms with Gasteiger partial charge in [0.25, 0.3) is 0 Å². The first kappa shape index (κ1) is 16.3. The van der Waals surface area contributed by atoms with Gasteiger partial charge in [-0.2, -0.15) is 5.26 Å². The van der Waals surface area contributed by atoms with Gasteiger partial charge < -0.3 is 9.84 Å². The molecule has 0 aromatic heterocycles.